The second-order valence-corrected chi connectivity index (χ2v) is 4.80. The molecule has 0 bridgehead atoms. The van der Waals surface area contributed by atoms with Crippen LogP contribution >= 0.6 is 15.9 Å². The highest BCUT2D eigenvalue weighted by molar-refractivity contribution is 9.10. The molecular weight excluding hydrogens is 321 g/mol. The molecule has 0 aromatic heterocycles. The van der Waals surface area contributed by atoms with E-state index in [1.807, 2.05) is 0 Å². The Hall–Kier alpha value is -1.49. The van der Waals surface area contributed by atoms with Gasteiger partial charge < -0.3 is 4.74 Å². The van der Waals surface area contributed by atoms with Crippen molar-refractivity contribution >= 4 is 15.9 Å². The Balaban J connectivity index is 2.66. The molecule has 0 amide bonds. The van der Waals surface area contributed by atoms with Crippen LogP contribution in [-0.2, 0) is 6.18 Å². The fourth-order valence-electron chi connectivity index (χ4n) is 1.85. The summed E-state index contributed by atoms with van der Waals surface area (Å²) in [6, 6.07) is 10.4. The highest BCUT2D eigenvalue weighted by Crippen LogP contribution is 2.40. The van der Waals surface area contributed by atoms with E-state index in [1.54, 1.807) is 24.3 Å². The van der Waals surface area contributed by atoms with Crippen molar-refractivity contribution < 1.29 is 17.9 Å². The minimum Gasteiger partial charge on any atom is -0.496 e. The van der Waals surface area contributed by atoms with Gasteiger partial charge in [0.25, 0.3) is 0 Å². The van der Waals surface area contributed by atoms with Crippen LogP contribution in [0.15, 0.2) is 46.9 Å². The van der Waals surface area contributed by atoms with E-state index in [0.29, 0.717) is 11.3 Å². The van der Waals surface area contributed by atoms with E-state index < -0.39 is 11.7 Å². The molecule has 2 aromatic rings. The standard InChI is InChI=1S/C14H10BrF3O/c1-19-13-8-9(15)6-7-11(13)10-4-2-3-5-12(10)14(16,17)18/h2-8H,1H3. The zero-order valence-corrected chi connectivity index (χ0v) is 11.5. The van der Waals surface area contributed by atoms with Crippen LogP contribution in [0.1, 0.15) is 5.56 Å². The van der Waals surface area contributed by atoms with Crippen LogP contribution < -0.4 is 4.74 Å². The first-order chi connectivity index (χ1) is 8.93. The van der Waals surface area contributed by atoms with Crippen LogP contribution in [0.3, 0.4) is 0 Å². The average Bonchev–Trinajstić information content (AvgIpc) is 2.37. The Kier molecular flexibility index (Phi) is 3.85. The largest absolute Gasteiger partial charge is 0.496 e. The van der Waals surface area contributed by atoms with Gasteiger partial charge in [-0.2, -0.15) is 13.2 Å². The lowest BCUT2D eigenvalue weighted by Crippen LogP contribution is -2.07. The van der Waals surface area contributed by atoms with Crippen molar-refractivity contribution in [2.24, 2.45) is 0 Å². The molecule has 0 aliphatic heterocycles. The van der Waals surface area contributed by atoms with Gasteiger partial charge in [-0.3, -0.25) is 0 Å². The van der Waals surface area contributed by atoms with E-state index in [2.05, 4.69) is 15.9 Å². The molecule has 0 saturated heterocycles. The van der Waals surface area contributed by atoms with Crippen molar-refractivity contribution in [2.75, 3.05) is 7.11 Å². The maximum Gasteiger partial charge on any atom is 0.417 e. The molecule has 5 heteroatoms. The first-order valence-corrected chi connectivity index (χ1v) is 6.23. The summed E-state index contributed by atoms with van der Waals surface area (Å²) < 4.78 is 44.9. The molecule has 100 valence electrons. The van der Waals surface area contributed by atoms with Crippen LogP contribution in [0.4, 0.5) is 13.2 Å². The van der Waals surface area contributed by atoms with E-state index in [-0.39, 0.29) is 5.56 Å². The third-order valence-electron chi connectivity index (χ3n) is 2.69. The molecule has 2 aromatic carbocycles. The fraction of sp³-hybridized carbons (Fsp3) is 0.143. The van der Waals surface area contributed by atoms with Crippen LogP contribution in [-0.4, -0.2) is 7.11 Å². The van der Waals surface area contributed by atoms with Crippen molar-refractivity contribution in [2.45, 2.75) is 6.18 Å². The minimum atomic E-state index is -4.39. The van der Waals surface area contributed by atoms with Gasteiger partial charge in [-0.05, 0) is 29.8 Å². The van der Waals surface area contributed by atoms with Crippen molar-refractivity contribution in [3.63, 3.8) is 0 Å². The van der Waals surface area contributed by atoms with E-state index in [1.165, 1.54) is 19.2 Å². The van der Waals surface area contributed by atoms with Gasteiger partial charge in [-0.1, -0.05) is 34.1 Å². The molecule has 0 N–H and O–H groups in total. The molecule has 1 nitrogen and oxygen atoms in total. The molecule has 0 aliphatic rings. The third kappa shape index (κ3) is 2.92. The molecule has 0 radical (unpaired) electrons. The van der Waals surface area contributed by atoms with Gasteiger partial charge >= 0.3 is 6.18 Å². The number of halogens is 4. The fourth-order valence-corrected chi connectivity index (χ4v) is 2.19. The van der Waals surface area contributed by atoms with Crippen molar-refractivity contribution in [1.29, 1.82) is 0 Å². The minimum absolute atomic E-state index is 0.111. The molecule has 0 fully saturated rings. The van der Waals surface area contributed by atoms with E-state index >= 15 is 0 Å². The maximum absolute atomic E-state index is 13.0. The number of hydrogen-bond acceptors (Lipinski definition) is 1. The van der Waals surface area contributed by atoms with Gasteiger partial charge in [0, 0.05) is 10.0 Å². The van der Waals surface area contributed by atoms with Gasteiger partial charge in [0.15, 0.2) is 0 Å². The monoisotopic (exact) mass is 330 g/mol. The number of methoxy groups -OCH3 is 1. The van der Waals surface area contributed by atoms with Crippen molar-refractivity contribution in [3.8, 4) is 16.9 Å². The highest BCUT2D eigenvalue weighted by Gasteiger charge is 2.33. The van der Waals surface area contributed by atoms with Gasteiger partial charge in [0.05, 0.1) is 12.7 Å². The number of alkyl halides is 3. The van der Waals surface area contributed by atoms with Crippen LogP contribution in [0.2, 0.25) is 0 Å². The molecule has 0 saturated carbocycles. The summed E-state index contributed by atoms with van der Waals surface area (Å²) in [5.74, 6) is 0.395. The quantitative estimate of drug-likeness (QED) is 0.740. The third-order valence-corrected chi connectivity index (χ3v) is 3.18. The predicted octanol–water partition coefficient (Wildman–Crippen LogP) is 5.14. The molecule has 0 spiro atoms. The summed E-state index contributed by atoms with van der Waals surface area (Å²) in [5, 5.41) is 0. The van der Waals surface area contributed by atoms with Crippen LogP contribution in [0.5, 0.6) is 5.75 Å². The first-order valence-electron chi connectivity index (χ1n) is 5.43. The molecule has 0 atom stereocenters. The second-order valence-electron chi connectivity index (χ2n) is 3.89. The van der Waals surface area contributed by atoms with Gasteiger partial charge in [0.1, 0.15) is 5.75 Å². The summed E-state index contributed by atoms with van der Waals surface area (Å²) in [4.78, 5) is 0. The normalized spacial score (nSPS) is 11.4. The smallest absolute Gasteiger partial charge is 0.417 e. The molecule has 2 rings (SSSR count). The Bertz CT molecular complexity index is 593. The Labute approximate surface area is 117 Å². The SMILES string of the molecule is COc1cc(Br)ccc1-c1ccccc1C(F)(F)F. The summed E-state index contributed by atoms with van der Waals surface area (Å²) in [6.45, 7) is 0. The van der Waals surface area contributed by atoms with Gasteiger partial charge in [-0.25, -0.2) is 0 Å². The zero-order valence-electron chi connectivity index (χ0n) is 9.96. The topological polar surface area (TPSA) is 9.23 Å². The van der Waals surface area contributed by atoms with Crippen molar-refractivity contribution in [1.82, 2.24) is 0 Å². The summed E-state index contributed by atoms with van der Waals surface area (Å²) in [7, 11) is 1.43. The Morgan fingerprint density at radius 2 is 1.68 bits per heavy atom. The molecule has 19 heavy (non-hydrogen) atoms. The lowest BCUT2D eigenvalue weighted by Gasteiger charge is -2.15. The molecule has 0 unspecified atom stereocenters. The first kappa shape index (κ1) is 13.9. The zero-order chi connectivity index (χ0) is 14.0. The lowest BCUT2D eigenvalue weighted by molar-refractivity contribution is -0.137. The number of hydrogen-bond donors (Lipinski definition) is 0. The van der Waals surface area contributed by atoms with Crippen LogP contribution in [0.25, 0.3) is 11.1 Å². The van der Waals surface area contributed by atoms with E-state index in [0.717, 1.165) is 10.5 Å². The Morgan fingerprint density at radius 1 is 1.00 bits per heavy atom. The number of rotatable bonds is 2. The lowest BCUT2D eigenvalue weighted by atomic mass is 9.98. The summed E-state index contributed by atoms with van der Waals surface area (Å²) in [6.07, 6.45) is -4.39. The predicted molar refractivity (Wildman–Crippen MR) is 71.1 cm³/mol. The molecule has 0 heterocycles. The van der Waals surface area contributed by atoms with Crippen LogP contribution in [0, 0.1) is 0 Å². The number of benzene rings is 2. The number of ether oxygens (including phenoxy) is 1. The summed E-state index contributed by atoms with van der Waals surface area (Å²) >= 11 is 3.27. The summed E-state index contributed by atoms with van der Waals surface area (Å²) in [5.41, 5.74) is -0.145. The van der Waals surface area contributed by atoms with E-state index in [9.17, 15) is 13.2 Å². The molecule has 0 aliphatic carbocycles. The maximum atomic E-state index is 13.0. The van der Waals surface area contributed by atoms with Gasteiger partial charge in [0.2, 0.25) is 0 Å². The molecular formula is C14H10BrF3O. The highest BCUT2D eigenvalue weighted by atomic mass is 79.9. The van der Waals surface area contributed by atoms with Crippen molar-refractivity contribution in [3.05, 3.63) is 52.5 Å². The Morgan fingerprint density at radius 3 is 2.32 bits per heavy atom. The second kappa shape index (κ2) is 5.25. The van der Waals surface area contributed by atoms with E-state index in [4.69, 9.17) is 4.74 Å². The average molecular weight is 331 g/mol. The van der Waals surface area contributed by atoms with Gasteiger partial charge in [-0.15, -0.1) is 0 Å².